The zero-order chi connectivity index (χ0) is 15.4. The van der Waals surface area contributed by atoms with Gasteiger partial charge in [-0.3, -0.25) is 0 Å². The van der Waals surface area contributed by atoms with Crippen molar-refractivity contribution in [1.29, 1.82) is 0 Å². The Balaban J connectivity index is 1.43. The molecule has 2 bridgehead atoms. The first kappa shape index (κ1) is 14.3. The van der Waals surface area contributed by atoms with Crippen molar-refractivity contribution >= 4 is 5.71 Å². The molecule has 1 unspecified atom stereocenters. The van der Waals surface area contributed by atoms with Crippen LogP contribution < -0.4 is 0 Å². The van der Waals surface area contributed by atoms with Crippen LogP contribution in [-0.2, 0) is 9.57 Å². The summed E-state index contributed by atoms with van der Waals surface area (Å²) in [5.74, 6) is 0.790. The molecular formula is C19H25NO2. The number of rotatable bonds is 3. The zero-order valence-electron chi connectivity index (χ0n) is 13.7. The fourth-order valence-corrected chi connectivity index (χ4v) is 4.75. The van der Waals surface area contributed by atoms with E-state index in [1.54, 1.807) is 0 Å². The molecule has 118 valence electrons. The first-order chi connectivity index (χ1) is 10.5. The van der Waals surface area contributed by atoms with Crippen LogP contribution in [0.2, 0.25) is 0 Å². The first-order valence-corrected chi connectivity index (χ1v) is 8.44. The second-order valence-corrected chi connectivity index (χ2v) is 7.88. The normalized spacial score (nSPS) is 38.9. The van der Waals surface area contributed by atoms with E-state index in [9.17, 15) is 0 Å². The molecule has 1 heterocycles. The van der Waals surface area contributed by atoms with Gasteiger partial charge in [-0.15, -0.1) is 0 Å². The summed E-state index contributed by atoms with van der Waals surface area (Å²) in [5, 5.41) is 4.24. The minimum absolute atomic E-state index is 0.216. The van der Waals surface area contributed by atoms with E-state index in [4.69, 9.17) is 9.57 Å². The van der Waals surface area contributed by atoms with Gasteiger partial charge in [0.2, 0.25) is 6.29 Å². The van der Waals surface area contributed by atoms with Crippen LogP contribution >= 0.6 is 0 Å². The van der Waals surface area contributed by atoms with Gasteiger partial charge in [0.15, 0.2) is 0 Å². The zero-order valence-corrected chi connectivity index (χ0v) is 13.7. The predicted octanol–water partition coefficient (Wildman–Crippen LogP) is 4.37. The summed E-state index contributed by atoms with van der Waals surface area (Å²) in [6, 6.07) is 10.2. The lowest BCUT2D eigenvalue weighted by Gasteiger charge is -2.39. The average molecular weight is 299 g/mol. The van der Waals surface area contributed by atoms with Crippen LogP contribution in [0.1, 0.15) is 52.0 Å². The molecule has 0 spiro atoms. The van der Waals surface area contributed by atoms with Crippen molar-refractivity contribution in [2.24, 2.45) is 21.9 Å². The quantitative estimate of drug-likeness (QED) is 0.830. The van der Waals surface area contributed by atoms with Crippen molar-refractivity contribution in [1.82, 2.24) is 0 Å². The van der Waals surface area contributed by atoms with Gasteiger partial charge in [0.1, 0.15) is 0 Å². The smallest absolute Gasteiger partial charge is 0.232 e. The summed E-state index contributed by atoms with van der Waals surface area (Å²) >= 11 is 0. The molecule has 3 nitrogen and oxygen atoms in total. The molecule has 0 radical (unpaired) electrons. The third-order valence-electron chi connectivity index (χ3n) is 6.78. The van der Waals surface area contributed by atoms with E-state index in [0.717, 1.165) is 23.6 Å². The Bertz CT molecular complexity index is 595. The Kier molecular flexibility index (Phi) is 3.12. The van der Waals surface area contributed by atoms with Gasteiger partial charge >= 0.3 is 0 Å². The van der Waals surface area contributed by atoms with Gasteiger partial charge < -0.3 is 9.57 Å². The summed E-state index contributed by atoms with van der Waals surface area (Å²) in [5.41, 5.74) is 2.78. The minimum atomic E-state index is -0.216. The number of ether oxygens (including phenoxy) is 1. The van der Waals surface area contributed by atoms with Crippen LogP contribution in [0.25, 0.3) is 0 Å². The molecule has 2 aliphatic carbocycles. The molecule has 22 heavy (non-hydrogen) atoms. The van der Waals surface area contributed by atoms with E-state index in [1.165, 1.54) is 19.3 Å². The molecule has 2 saturated carbocycles. The molecule has 3 aliphatic rings. The molecule has 2 fully saturated rings. The summed E-state index contributed by atoms with van der Waals surface area (Å²) < 4.78 is 6.36. The van der Waals surface area contributed by atoms with Gasteiger partial charge in [0.05, 0.1) is 18.2 Å². The van der Waals surface area contributed by atoms with Gasteiger partial charge in [-0.2, -0.15) is 0 Å². The van der Waals surface area contributed by atoms with Crippen LogP contribution in [0.15, 0.2) is 35.5 Å². The van der Waals surface area contributed by atoms with E-state index in [-0.39, 0.29) is 11.7 Å². The summed E-state index contributed by atoms with van der Waals surface area (Å²) in [4.78, 5) is 5.57. The Morgan fingerprint density at radius 2 is 1.95 bits per heavy atom. The minimum Gasteiger partial charge on any atom is -0.363 e. The standard InChI is InChI=1S/C19H25NO2/c1-18(2)14-9-10-19(18,3)16(11-14)21-17-12-15(20-22-17)13-7-5-4-6-8-13/h4-8,14,16-17H,9-12H2,1-3H3/t14-,16+,17?,19+/m0/s1. The van der Waals surface area contributed by atoms with E-state index < -0.39 is 0 Å². The maximum Gasteiger partial charge on any atom is 0.232 e. The van der Waals surface area contributed by atoms with Crippen LogP contribution in [0.3, 0.4) is 0 Å². The molecule has 4 atom stereocenters. The number of fused-ring (bicyclic) bond motifs is 2. The van der Waals surface area contributed by atoms with Gasteiger partial charge in [0, 0.05) is 0 Å². The molecule has 0 saturated heterocycles. The van der Waals surface area contributed by atoms with Crippen molar-refractivity contribution in [2.75, 3.05) is 0 Å². The second kappa shape index (κ2) is 4.82. The Hall–Kier alpha value is -1.35. The summed E-state index contributed by atoms with van der Waals surface area (Å²) in [7, 11) is 0. The lowest BCUT2D eigenvalue weighted by Crippen LogP contribution is -2.39. The lowest BCUT2D eigenvalue weighted by molar-refractivity contribution is -0.186. The van der Waals surface area contributed by atoms with Crippen LogP contribution in [-0.4, -0.2) is 18.1 Å². The highest BCUT2D eigenvalue weighted by Crippen LogP contribution is 2.66. The number of benzene rings is 1. The van der Waals surface area contributed by atoms with Crippen molar-refractivity contribution in [3.63, 3.8) is 0 Å². The number of nitrogens with zero attached hydrogens (tertiary/aromatic N) is 1. The van der Waals surface area contributed by atoms with Crippen molar-refractivity contribution < 1.29 is 9.57 Å². The van der Waals surface area contributed by atoms with Crippen LogP contribution in [0.5, 0.6) is 0 Å². The van der Waals surface area contributed by atoms with Crippen LogP contribution in [0.4, 0.5) is 0 Å². The Morgan fingerprint density at radius 3 is 2.59 bits per heavy atom. The lowest BCUT2D eigenvalue weighted by atomic mass is 9.70. The van der Waals surface area contributed by atoms with Crippen molar-refractivity contribution in [2.45, 2.75) is 58.8 Å². The molecular weight excluding hydrogens is 274 g/mol. The number of oxime groups is 1. The molecule has 3 heteroatoms. The van der Waals surface area contributed by atoms with Gasteiger partial charge in [0.25, 0.3) is 0 Å². The van der Waals surface area contributed by atoms with Crippen LogP contribution in [0, 0.1) is 16.7 Å². The predicted molar refractivity (Wildman–Crippen MR) is 86.6 cm³/mol. The third kappa shape index (κ3) is 1.95. The van der Waals surface area contributed by atoms with Gasteiger partial charge in [-0.05, 0) is 41.6 Å². The molecule has 4 rings (SSSR count). The highest BCUT2D eigenvalue weighted by molar-refractivity contribution is 6.01. The van der Waals surface area contributed by atoms with Gasteiger partial charge in [-0.1, -0.05) is 56.3 Å². The molecule has 0 amide bonds. The maximum atomic E-state index is 6.36. The molecule has 1 aliphatic heterocycles. The highest BCUT2D eigenvalue weighted by Gasteiger charge is 2.62. The van der Waals surface area contributed by atoms with E-state index in [0.29, 0.717) is 11.5 Å². The SMILES string of the molecule is CC1(C)[C@H]2CC[C@]1(C)[C@H](OC1CC(c3ccccc3)=NO1)C2. The second-order valence-electron chi connectivity index (χ2n) is 7.88. The molecule has 0 N–H and O–H groups in total. The Morgan fingerprint density at radius 1 is 1.18 bits per heavy atom. The summed E-state index contributed by atoms with van der Waals surface area (Å²) in [6.07, 6.45) is 4.63. The maximum absolute atomic E-state index is 6.36. The van der Waals surface area contributed by atoms with Crippen molar-refractivity contribution in [3.05, 3.63) is 35.9 Å². The number of hydrogen-bond acceptors (Lipinski definition) is 3. The Labute approximate surface area is 132 Å². The largest absolute Gasteiger partial charge is 0.363 e. The van der Waals surface area contributed by atoms with Crippen molar-refractivity contribution in [3.8, 4) is 0 Å². The molecule has 1 aromatic rings. The fourth-order valence-electron chi connectivity index (χ4n) is 4.75. The molecule has 0 aromatic heterocycles. The summed E-state index contributed by atoms with van der Waals surface area (Å²) in [6.45, 7) is 7.23. The highest BCUT2D eigenvalue weighted by atomic mass is 16.8. The average Bonchev–Trinajstić information content (AvgIpc) is 3.11. The van der Waals surface area contributed by atoms with E-state index >= 15 is 0 Å². The van der Waals surface area contributed by atoms with E-state index in [1.807, 2.05) is 18.2 Å². The van der Waals surface area contributed by atoms with E-state index in [2.05, 4.69) is 38.1 Å². The fraction of sp³-hybridized carbons (Fsp3) is 0.632. The third-order valence-corrected chi connectivity index (χ3v) is 6.78. The first-order valence-electron chi connectivity index (χ1n) is 8.44. The topological polar surface area (TPSA) is 30.8 Å². The molecule has 1 aromatic carbocycles. The van der Waals surface area contributed by atoms with Gasteiger partial charge in [-0.25, -0.2) is 0 Å². The number of hydrogen-bond donors (Lipinski definition) is 0. The monoisotopic (exact) mass is 299 g/mol.